The predicted octanol–water partition coefficient (Wildman–Crippen LogP) is 1.07. The van der Waals surface area contributed by atoms with Gasteiger partial charge in [0.2, 0.25) is 0 Å². The van der Waals surface area contributed by atoms with Gasteiger partial charge in [-0.2, -0.15) is 0 Å². The molecule has 0 heterocycles. The number of nitrogens with zero attached hydrogens (tertiary/aromatic N) is 2. The van der Waals surface area contributed by atoms with E-state index < -0.39 is 0 Å². The Hall–Kier alpha value is -0.566. The molecule has 0 aliphatic carbocycles. The second kappa shape index (κ2) is 15.7. The molecule has 58 valence electrons. The number of oxime groups is 2. The Kier molecular flexibility index (Phi) is 19.6. The quantitative estimate of drug-likeness (QED) is 0.272. The first-order valence-corrected chi connectivity index (χ1v) is 3.86. The second-order valence-electron chi connectivity index (χ2n) is 0.845. The summed E-state index contributed by atoms with van der Waals surface area (Å²) in [5.41, 5.74) is 0. The Morgan fingerprint density at radius 1 is 1.11 bits per heavy atom. The van der Waals surface area contributed by atoms with Gasteiger partial charge in [0, 0.05) is 0 Å². The average molecular weight is 177 g/mol. The fraction of sp³-hybridized carbons (Fsp3) is 0.500. The van der Waals surface area contributed by atoms with Gasteiger partial charge in [-0.15, -0.1) is 0 Å². The fourth-order valence-electron chi connectivity index (χ4n) is 0.0596. The molecule has 0 unspecified atom stereocenters. The summed E-state index contributed by atoms with van der Waals surface area (Å²) < 4.78 is 0. The SMILES string of the molecule is ON=CC=NO.[CH3][Ni][CH3]. The Morgan fingerprint density at radius 3 is 1.44 bits per heavy atom. The molecular formula is C4H10N2NiO2. The maximum atomic E-state index is 7.56. The van der Waals surface area contributed by atoms with E-state index in [1.54, 1.807) is 14.4 Å². The van der Waals surface area contributed by atoms with Gasteiger partial charge in [-0.25, -0.2) is 0 Å². The van der Waals surface area contributed by atoms with Crippen LogP contribution < -0.4 is 0 Å². The molecule has 0 aromatic rings. The van der Waals surface area contributed by atoms with E-state index in [-0.39, 0.29) is 0 Å². The van der Waals surface area contributed by atoms with Crippen LogP contribution in [0.5, 0.6) is 0 Å². The molecule has 0 aliphatic heterocycles. The first kappa shape index (κ1) is 11.3. The van der Waals surface area contributed by atoms with E-state index >= 15 is 0 Å². The molecule has 0 rings (SSSR count). The Balaban J connectivity index is 0. The Morgan fingerprint density at radius 2 is 1.33 bits per heavy atom. The monoisotopic (exact) mass is 176 g/mol. The summed E-state index contributed by atoms with van der Waals surface area (Å²) in [6.07, 6.45) is 1.89. The third kappa shape index (κ3) is 37.1. The van der Waals surface area contributed by atoms with Gasteiger partial charge < -0.3 is 10.4 Å². The molecule has 0 amide bonds. The van der Waals surface area contributed by atoms with Crippen LogP contribution in [-0.4, -0.2) is 22.8 Å². The van der Waals surface area contributed by atoms with Crippen molar-refractivity contribution in [2.75, 3.05) is 0 Å². The van der Waals surface area contributed by atoms with Crippen LogP contribution >= 0.6 is 0 Å². The van der Waals surface area contributed by atoms with E-state index in [0.29, 0.717) is 0 Å². The van der Waals surface area contributed by atoms with Crippen molar-refractivity contribution in [3.05, 3.63) is 0 Å². The van der Waals surface area contributed by atoms with Crippen molar-refractivity contribution in [2.24, 2.45) is 10.3 Å². The van der Waals surface area contributed by atoms with E-state index in [4.69, 9.17) is 10.4 Å². The van der Waals surface area contributed by atoms with Crippen LogP contribution in [0, 0.1) is 0 Å². The standard InChI is InChI=1S/C2H4N2O2.2CH3.Ni/c5-3-1-2-4-6;;;/h1-2,5-6H;2*1H3;. The fourth-order valence-corrected chi connectivity index (χ4v) is 0.0596. The molecule has 4 nitrogen and oxygen atoms in total. The van der Waals surface area contributed by atoms with Crippen LogP contribution in [0.25, 0.3) is 0 Å². The Labute approximate surface area is 60.1 Å². The zero-order valence-corrected chi connectivity index (χ0v) is 6.25. The van der Waals surface area contributed by atoms with Gasteiger partial charge in [0.05, 0.1) is 12.4 Å². The van der Waals surface area contributed by atoms with Crippen molar-refractivity contribution < 1.29 is 24.9 Å². The molecule has 5 heteroatoms. The molecule has 0 spiro atoms. The summed E-state index contributed by atoms with van der Waals surface area (Å²) in [5, 5.41) is 20.1. The zero-order chi connectivity index (χ0) is 7.54. The van der Waals surface area contributed by atoms with Crippen LogP contribution in [0.15, 0.2) is 10.3 Å². The molecular weight excluding hydrogens is 167 g/mol. The van der Waals surface area contributed by atoms with Crippen molar-refractivity contribution in [2.45, 2.75) is 11.8 Å². The summed E-state index contributed by atoms with van der Waals surface area (Å²) in [6, 6.07) is 0. The first-order valence-electron chi connectivity index (χ1n) is 1.88. The molecule has 0 saturated carbocycles. The van der Waals surface area contributed by atoms with Crippen molar-refractivity contribution in [1.29, 1.82) is 0 Å². The number of hydrogen-bond acceptors (Lipinski definition) is 4. The van der Waals surface area contributed by atoms with Gasteiger partial charge in [-0.3, -0.25) is 0 Å². The maximum absolute atomic E-state index is 7.56. The van der Waals surface area contributed by atoms with Gasteiger partial charge in [0.25, 0.3) is 0 Å². The minimum atomic E-state index is 0.944. The topological polar surface area (TPSA) is 65.2 Å². The predicted molar refractivity (Wildman–Crippen MR) is 32.3 cm³/mol. The van der Waals surface area contributed by atoms with E-state index in [1.165, 1.54) is 0 Å². The summed E-state index contributed by atoms with van der Waals surface area (Å²) >= 11 is 1.62. The summed E-state index contributed by atoms with van der Waals surface area (Å²) in [5.74, 6) is 4.12. The summed E-state index contributed by atoms with van der Waals surface area (Å²) in [7, 11) is 0. The van der Waals surface area contributed by atoms with Crippen LogP contribution in [0.1, 0.15) is 0 Å². The number of hydrogen-bond donors (Lipinski definition) is 2. The van der Waals surface area contributed by atoms with E-state index in [2.05, 4.69) is 22.1 Å². The van der Waals surface area contributed by atoms with E-state index in [1.807, 2.05) is 0 Å². The van der Waals surface area contributed by atoms with Gasteiger partial charge >= 0.3 is 26.2 Å². The second-order valence-corrected chi connectivity index (χ2v) is 1.83. The van der Waals surface area contributed by atoms with Crippen molar-refractivity contribution in [3.63, 3.8) is 0 Å². The molecule has 0 saturated heterocycles. The van der Waals surface area contributed by atoms with Crippen LogP contribution in [-0.2, 0) is 14.4 Å². The minimum absolute atomic E-state index is 0.944. The molecule has 0 fully saturated rings. The van der Waals surface area contributed by atoms with Crippen molar-refractivity contribution >= 4 is 12.4 Å². The molecule has 0 atom stereocenters. The molecule has 0 aliphatic rings. The van der Waals surface area contributed by atoms with Crippen molar-refractivity contribution in [3.8, 4) is 0 Å². The van der Waals surface area contributed by atoms with Gasteiger partial charge in [-0.05, 0) is 0 Å². The van der Waals surface area contributed by atoms with Gasteiger partial charge in [-0.1, -0.05) is 10.3 Å². The van der Waals surface area contributed by atoms with Gasteiger partial charge in [0.1, 0.15) is 0 Å². The van der Waals surface area contributed by atoms with Crippen LogP contribution in [0.4, 0.5) is 0 Å². The third-order valence-electron chi connectivity index (χ3n) is 0.200. The third-order valence-corrected chi connectivity index (χ3v) is 0.200. The molecule has 2 N–H and O–H groups in total. The zero-order valence-electron chi connectivity index (χ0n) is 5.26. The van der Waals surface area contributed by atoms with Gasteiger partial charge in [0.15, 0.2) is 0 Å². The van der Waals surface area contributed by atoms with E-state index in [0.717, 1.165) is 12.4 Å². The van der Waals surface area contributed by atoms with E-state index in [9.17, 15) is 0 Å². The van der Waals surface area contributed by atoms with Crippen LogP contribution in [0.3, 0.4) is 0 Å². The average Bonchev–Trinajstić information content (AvgIpc) is 1.86. The summed E-state index contributed by atoms with van der Waals surface area (Å²) in [4.78, 5) is 0. The van der Waals surface area contributed by atoms with Crippen molar-refractivity contribution in [1.82, 2.24) is 0 Å². The normalized spacial score (nSPS) is 10.0. The molecule has 9 heavy (non-hydrogen) atoms. The first-order chi connectivity index (χ1) is 4.33. The summed E-state index contributed by atoms with van der Waals surface area (Å²) in [6.45, 7) is 0. The molecule has 0 bridgehead atoms. The number of rotatable bonds is 1. The molecule has 0 aromatic carbocycles. The molecule has 0 aromatic heterocycles. The van der Waals surface area contributed by atoms with Crippen LogP contribution in [0.2, 0.25) is 11.8 Å². The Bertz CT molecular complexity index is 74.6. The molecule has 0 radical (unpaired) electrons.